The summed E-state index contributed by atoms with van der Waals surface area (Å²) in [6.45, 7) is 5.22. The van der Waals surface area contributed by atoms with Crippen molar-refractivity contribution in [2.75, 3.05) is 13.6 Å². The lowest BCUT2D eigenvalue weighted by molar-refractivity contribution is -0.121. The Hall–Kier alpha value is -0.830. The molecule has 3 N–H and O–H groups in total. The summed E-state index contributed by atoms with van der Waals surface area (Å²) >= 11 is 1.70. The normalized spacial score (nSPS) is 10.9. The number of hydrogen-bond donors (Lipinski definition) is 3. The smallest absolute Gasteiger partial charge is 0.221 e. The van der Waals surface area contributed by atoms with E-state index in [0.29, 0.717) is 18.9 Å². The molecule has 0 spiro atoms. The fourth-order valence-electron chi connectivity index (χ4n) is 1.49. The number of guanidine groups is 1. The molecule has 0 bridgehead atoms. The fourth-order valence-corrected chi connectivity index (χ4v) is 2.14. The second-order valence-corrected chi connectivity index (χ2v) is 5.44. The first-order chi connectivity index (χ1) is 9.11. The van der Waals surface area contributed by atoms with Crippen molar-refractivity contribution in [3.63, 3.8) is 0 Å². The van der Waals surface area contributed by atoms with Crippen molar-refractivity contribution in [1.29, 1.82) is 0 Å². The second-order valence-electron chi connectivity index (χ2n) is 4.40. The highest BCUT2D eigenvalue weighted by atomic mass is 127. The van der Waals surface area contributed by atoms with E-state index in [2.05, 4.69) is 27.0 Å². The van der Waals surface area contributed by atoms with Crippen molar-refractivity contribution >= 4 is 47.2 Å². The standard InChI is InChI=1S/C13H22N4OS.HI/c1-10(2)17-12(18)6-7-15-13(14-3)16-9-11-5-4-8-19-11;/h4-5,8,10H,6-7,9H2,1-3H3,(H,17,18)(H2,14,15,16);1H. The van der Waals surface area contributed by atoms with Gasteiger partial charge < -0.3 is 16.0 Å². The van der Waals surface area contributed by atoms with Crippen LogP contribution in [0.25, 0.3) is 0 Å². The zero-order chi connectivity index (χ0) is 14.1. The average Bonchev–Trinajstić information content (AvgIpc) is 2.85. The van der Waals surface area contributed by atoms with Gasteiger partial charge in [-0.1, -0.05) is 6.07 Å². The molecular formula is C13H23IN4OS. The number of hydrogen-bond acceptors (Lipinski definition) is 3. The third kappa shape index (κ3) is 8.36. The molecule has 5 nitrogen and oxygen atoms in total. The Morgan fingerprint density at radius 1 is 1.40 bits per heavy atom. The molecule has 1 rings (SSSR count). The van der Waals surface area contributed by atoms with Crippen molar-refractivity contribution in [2.45, 2.75) is 32.9 Å². The van der Waals surface area contributed by atoms with Crippen LogP contribution in [0, 0.1) is 0 Å². The van der Waals surface area contributed by atoms with Crippen LogP contribution in [0.2, 0.25) is 0 Å². The molecule has 0 unspecified atom stereocenters. The fraction of sp³-hybridized carbons (Fsp3) is 0.538. The number of thiophene rings is 1. The van der Waals surface area contributed by atoms with E-state index in [1.54, 1.807) is 18.4 Å². The summed E-state index contributed by atoms with van der Waals surface area (Å²) in [6.07, 6.45) is 0.442. The Kier molecular flexibility index (Phi) is 10.4. The predicted molar refractivity (Wildman–Crippen MR) is 95.8 cm³/mol. The molecule has 1 aromatic rings. The van der Waals surface area contributed by atoms with Crippen LogP contribution >= 0.6 is 35.3 Å². The van der Waals surface area contributed by atoms with Crippen LogP contribution in [0.4, 0.5) is 0 Å². The van der Waals surface area contributed by atoms with Gasteiger partial charge in [-0.15, -0.1) is 35.3 Å². The summed E-state index contributed by atoms with van der Waals surface area (Å²) in [6, 6.07) is 4.28. The van der Waals surface area contributed by atoms with Gasteiger partial charge in [0.25, 0.3) is 0 Å². The molecule has 7 heteroatoms. The molecule has 20 heavy (non-hydrogen) atoms. The summed E-state index contributed by atoms with van der Waals surface area (Å²) in [7, 11) is 1.72. The van der Waals surface area contributed by atoms with Crippen molar-refractivity contribution in [3.05, 3.63) is 22.4 Å². The Bertz CT molecular complexity index is 407. The number of amides is 1. The Morgan fingerprint density at radius 3 is 2.70 bits per heavy atom. The third-order valence-corrected chi connectivity index (χ3v) is 3.20. The lowest BCUT2D eigenvalue weighted by Crippen LogP contribution is -2.39. The largest absolute Gasteiger partial charge is 0.356 e. The minimum Gasteiger partial charge on any atom is -0.356 e. The summed E-state index contributed by atoms with van der Waals surface area (Å²) in [5, 5.41) is 11.2. The van der Waals surface area contributed by atoms with E-state index in [4.69, 9.17) is 0 Å². The van der Waals surface area contributed by atoms with Gasteiger partial charge in [-0.05, 0) is 25.3 Å². The van der Waals surface area contributed by atoms with E-state index < -0.39 is 0 Å². The quantitative estimate of drug-likeness (QED) is 0.382. The van der Waals surface area contributed by atoms with Gasteiger partial charge in [0.15, 0.2) is 5.96 Å². The van der Waals surface area contributed by atoms with Crippen molar-refractivity contribution in [2.24, 2.45) is 4.99 Å². The highest BCUT2D eigenvalue weighted by Crippen LogP contribution is 2.06. The van der Waals surface area contributed by atoms with E-state index in [-0.39, 0.29) is 35.9 Å². The van der Waals surface area contributed by atoms with Crippen LogP contribution in [-0.4, -0.2) is 31.5 Å². The molecule has 0 saturated heterocycles. The summed E-state index contributed by atoms with van der Waals surface area (Å²) < 4.78 is 0. The number of nitrogens with zero attached hydrogens (tertiary/aromatic N) is 1. The first kappa shape index (κ1) is 19.2. The summed E-state index contributed by atoms with van der Waals surface area (Å²) in [4.78, 5) is 16.8. The van der Waals surface area contributed by atoms with Crippen LogP contribution < -0.4 is 16.0 Å². The minimum absolute atomic E-state index is 0. The van der Waals surface area contributed by atoms with E-state index in [1.165, 1.54) is 4.88 Å². The lowest BCUT2D eigenvalue weighted by atomic mass is 10.3. The van der Waals surface area contributed by atoms with Crippen LogP contribution in [0.3, 0.4) is 0 Å². The highest BCUT2D eigenvalue weighted by molar-refractivity contribution is 14.0. The molecule has 0 atom stereocenters. The molecule has 0 fully saturated rings. The molecule has 0 saturated carbocycles. The average molecular weight is 410 g/mol. The number of aliphatic imine (C=N–C) groups is 1. The van der Waals surface area contributed by atoms with E-state index >= 15 is 0 Å². The van der Waals surface area contributed by atoms with Crippen LogP contribution in [-0.2, 0) is 11.3 Å². The van der Waals surface area contributed by atoms with Crippen LogP contribution in [0.1, 0.15) is 25.1 Å². The van der Waals surface area contributed by atoms with Gasteiger partial charge in [-0.3, -0.25) is 9.79 Å². The van der Waals surface area contributed by atoms with Gasteiger partial charge in [0.05, 0.1) is 6.54 Å². The second kappa shape index (κ2) is 10.9. The molecule has 114 valence electrons. The number of carbonyl (C=O) groups is 1. The molecule has 1 heterocycles. The van der Waals surface area contributed by atoms with E-state index in [1.807, 2.05) is 25.3 Å². The Labute approximate surface area is 141 Å². The van der Waals surface area contributed by atoms with Crippen LogP contribution in [0.5, 0.6) is 0 Å². The maximum atomic E-state index is 11.5. The summed E-state index contributed by atoms with van der Waals surface area (Å²) in [5.74, 6) is 0.766. The highest BCUT2D eigenvalue weighted by Gasteiger charge is 2.04. The van der Waals surface area contributed by atoms with Gasteiger partial charge >= 0.3 is 0 Å². The molecule has 0 radical (unpaired) electrons. The maximum absolute atomic E-state index is 11.5. The van der Waals surface area contributed by atoms with Gasteiger partial charge in [0.1, 0.15) is 0 Å². The van der Waals surface area contributed by atoms with E-state index in [9.17, 15) is 4.79 Å². The number of nitrogens with one attached hydrogen (secondary N) is 3. The molecular weight excluding hydrogens is 387 g/mol. The molecule has 1 aromatic heterocycles. The molecule has 0 aliphatic heterocycles. The molecule has 1 amide bonds. The monoisotopic (exact) mass is 410 g/mol. The van der Waals surface area contributed by atoms with Gasteiger partial charge in [0.2, 0.25) is 5.91 Å². The number of carbonyl (C=O) groups excluding carboxylic acids is 1. The third-order valence-electron chi connectivity index (χ3n) is 2.33. The molecule has 0 aromatic carbocycles. The number of rotatable bonds is 6. The predicted octanol–water partition coefficient (Wildman–Crippen LogP) is 1.95. The zero-order valence-electron chi connectivity index (χ0n) is 12.1. The number of halogens is 1. The first-order valence-electron chi connectivity index (χ1n) is 6.38. The van der Waals surface area contributed by atoms with Gasteiger partial charge in [0, 0.05) is 30.9 Å². The molecule has 0 aliphatic rings. The Balaban J connectivity index is 0.00000361. The zero-order valence-corrected chi connectivity index (χ0v) is 15.2. The Morgan fingerprint density at radius 2 is 2.15 bits per heavy atom. The topological polar surface area (TPSA) is 65.5 Å². The van der Waals surface area contributed by atoms with Crippen molar-refractivity contribution in [3.8, 4) is 0 Å². The van der Waals surface area contributed by atoms with Gasteiger partial charge in [-0.25, -0.2) is 0 Å². The minimum atomic E-state index is 0. The van der Waals surface area contributed by atoms with E-state index in [0.717, 1.165) is 6.54 Å². The van der Waals surface area contributed by atoms with Gasteiger partial charge in [-0.2, -0.15) is 0 Å². The van der Waals surface area contributed by atoms with Crippen LogP contribution in [0.15, 0.2) is 22.5 Å². The SMILES string of the molecule is CN=C(NCCC(=O)NC(C)C)NCc1cccs1.I. The van der Waals surface area contributed by atoms with Crippen molar-refractivity contribution in [1.82, 2.24) is 16.0 Å². The van der Waals surface area contributed by atoms with Crippen molar-refractivity contribution < 1.29 is 4.79 Å². The lowest BCUT2D eigenvalue weighted by Gasteiger charge is -2.12. The molecule has 0 aliphatic carbocycles. The first-order valence-corrected chi connectivity index (χ1v) is 7.26. The summed E-state index contributed by atoms with van der Waals surface area (Å²) in [5.41, 5.74) is 0. The maximum Gasteiger partial charge on any atom is 0.221 e.